The summed E-state index contributed by atoms with van der Waals surface area (Å²) in [5.41, 5.74) is 0. The number of methoxy groups -OCH3 is 1. The van der Waals surface area contributed by atoms with E-state index >= 15 is 0 Å². The van der Waals surface area contributed by atoms with Crippen LogP contribution in [-0.4, -0.2) is 56.8 Å². The van der Waals surface area contributed by atoms with E-state index in [0.29, 0.717) is 19.4 Å². The number of benzene rings is 1. The zero-order valence-corrected chi connectivity index (χ0v) is 16.5. The second-order valence-electron chi connectivity index (χ2n) is 7.24. The minimum Gasteiger partial charge on any atom is -0.495 e. The van der Waals surface area contributed by atoms with E-state index in [-0.39, 0.29) is 29.0 Å². The van der Waals surface area contributed by atoms with Gasteiger partial charge in [-0.25, -0.2) is 12.8 Å². The molecule has 2 fully saturated rings. The molecule has 0 saturated carbocycles. The number of halogens is 1. The molecule has 2 aliphatic rings. The molecule has 8 heteroatoms. The zero-order valence-electron chi connectivity index (χ0n) is 15.7. The summed E-state index contributed by atoms with van der Waals surface area (Å²) in [5.74, 6) is -0.824. The first kappa shape index (κ1) is 20.1. The van der Waals surface area contributed by atoms with Crippen LogP contribution in [0.1, 0.15) is 38.5 Å². The van der Waals surface area contributed by atoms with Gasteiger partial charge in [-0.2, -0.15) is 4.31 Å². The summed E-state index contributed by atoms with van der Waals surface area (Å²) in [6.45, 7) is 1.96. The summed E-state index contributed by atoms with van der Waals surface area (Å²) < 4.78 is 46.2. The number of rotatable bonds is 4. The average Bonchev–Trinajstić information content (AvgIpc) is 2.97. The largest absolute Gasteiger partial charge is 0.495 e. The van der Waals surface area contributed by atoms with E-state index < -0.39 is 15.8 Å². The van der Waals surface area contributed by atoms with Crippen LogP contribution in [0.5, 0.6) is 5.75 Å². The van der Waals surface area contributed by atoms with Gasteiger partial charge in [-0.3, -0.25) is 4.79 Å². The molecule has 2 heterocycles. The number of nitrogens with zero attached hydrogens (tertiary/aromatic N) is 2. The number of carbonyl (C=O) groups excluding carboxylic acids is 1. The van der Waals surface area contributed by atoms with Crippen LogP contribution >= 0.6 is 0 Å². The highest BCUT2D eigenvalue weighted by atomic mass is 32.2. The smallest absolute Gasteiger partial charge is 0.246 e. The standard InChI is InChI=1S/C19H27FN2O4S/c1-26-17-9-8-16(20)13-18(17)27(24,25)22-12-6-7-15(14-22)19(23)21-10-4-2-3-5-11-21/h8-9,13,15H,2-7,10-12,14H2,1H3. The molecule has 1 unspecified atom stereocenters. The van der Waals surface area contributed by atoms with Crippen molar-refractivity contribution in [1.29, 1.82) is 0 Å². The molecule has 0 aliphatic carbocycles. The first-order valence-electron chi connectivity index (χ1n) is 9.56. The molecule has 150 valence electrons. The zero-order chi connectivity index (χ0) is 19.4. The Kier molecular flexibility index (Phi) is 6.37. The lowest BCUT2D eigenvalue weighted by atomic mass is 9.98. The highest BCUT2D eigenvalue weighted by Gasteiger charge is 2.36. The maximum absolute atomic E-state index is 13.7. The Morgan fingerprint density at radius 3 is 2.48 bits per heavy atom. The van der Waals surface area contributed by atoms with E-state index in [9.17, 15) is 17.6 Å². The normalized spacial score (nSPS) is 22.3. The number of likely N-dealkylation sites (tertiary alicyclic amines) is 1. The number of ether oxygens (including phenoxy) is 1. The van der Waals surface area contributed by atoms with E-state index in [1.165, 1.54) is 23.5 Å². The molecule has 27 heavy (non-hydrogen) atoms. The fourth-order valence-corrected chi connectivity index (χ4v) is 5.59. The molecular weight excluding hydrogens is 371 g/mol. The number of hydrogen-bond donors (Lipinski definition) is 0. The Hall–Kier alpha value is -1.67. The molecule has 1 aromatic carbocycles. The first-order chi connectivity index (χ1) is 12.9. The molecular formula is C19H27FN2O4S. The average molecular weight is 399 g/mol. The van der Waals surface area contributed by atoms with E-state index in [1.807, 2.05) is 4.90 Å². The van der Waals surface area contributed by atoms with E-state index in [0.717, 1.165) is 44.8 Å². The third-order valence-electron chi connectivity index (χ3n) is 5.39. The van der Waals surface area contributed by atoms with Crippen molar-refractivity contribution in [2.75, 3.05) is 33.3 Å². The SMILES string of the molecule is COc1ccc(F)cc1S(=O)(=O)N1CCCC(C(=O)N2CCCCCC2)C1. The monoisotopic (exact) mass is 398 g/mol. The highest BCUT2D eigenvalue weighted by molar-refractivity contribution is 7.89. The predicted molar refractivity (Wildman–Crippen MR) is 99.5 cm³/mol. The number of carbonyl (C=O) groups is 1. The summed E-state index contributed by atoms with van der Waals surface area (Å²) in [5, 5.41) is 0. The molecule has 1 atom stereocenters. The van der Waals surface area contributed by atoms with Crippen LogP contribution in [0, 0.1) is 11.7 Å². The molecule has 0 spiro atoms. The van der Waals surface area contributed by atoms with Crippen molar-refractivity contribution < 1.29 is 22.3 Å². The Bertz CT molecular complexity index is 776. The fraction of sp³-hybridized carbons (Fsp3) is 0.632. The van der Waals surface area contributed by atoms with Gasteiger partial charge in [0.25, 0.3) is 0 Å². The summed E-state index contributed by atoms with van der Waals surface area (Å²) in [7, 11) is -2.58. The van der Waals surface area contributed by atoms with Crippen molar-refractivity contribution >= 4 is 15.9 Å². The Morgan fingerprint density at radius 1 is 1.11 bits per heavy atom. The van der Waals surface area contributed by atoms with Crippen molar-refractivity contribution in [3.8, 4) is 5.75 Å². The summed E-state index contributed by atoms with van der Waals surface area (Å²) in [6, 6.07) is 3.46. The maximum atomic E-state index is 13.7. The Morgan fingerprint density at radius 2 is 1.81 bits per heavy atom. The van der Waals surface area contributed by atoms with Gasteiger partial charge in [0.2, 0.25) is 15.9 Å². The van der Waals surface area contributed by atoms with Gasteiger partial charge in [-0.1, -0.05) is 12.8 Å². The van der Waals surface area contributed by atoms with E-state index in [2.05, 4.69) is 0 Å². The van der Waals surface area contributed by atoms with Crippen molar-refractivity contribution in [3.63, 3.8) is 0 Å². The molecule has 0 N–H and O–H groups in total. The molecule has 6 nitrogen and oxygen atoms in total. The van der Waals surface area contributed by atoms with Gasteiger partial charge in [0.1, 0.15) is 16.5 Å². The summed E-state index contributed by atoms with van der Waals surface area (Å²) in [4.78, 5) is 14.6. The highest BCUT2D eigenvalue weighted by Crippen LogP contribution is 2.31. The minimum atomic E-state index is -3.93. The van der Waals surface area contributed by atoms with Crippen LogP contribution < -0.4 is 4.74 Å². The Labute approximate surface area is 160 Å². The second-order valence-corrected chi connectivity index (χ2v) is 9.14. The van der Waals surface area contributed by atoms with Gasteiger partial charge in [-0.05, 0) is 43.9 Å². The molecule has 1 amide bonds. The van der Waals surface area contributed by atoms with Crippen molar-refractivity contribution in [2.24, 2.45) is 5.92 Å². The quantitative estimate of drug-likeness (QED) is 0.782. The number of piperidine rings is 1. The van der Waals surface area contributed by atoms with Crippen LogP contribution in [-0.2, 0) is 14.8 Å². The predicted octanol–water partition coefficient (Wildman–Crippen LogP) is 2.64. The van der Waals surface area contributed by atoms with Crippen molar-refractivity contribution in [3.05, 3.63) is 24.0 Å². The fourth-order valence-electron chi connectivity index (χ4n) is 3.90. The van der Waals surface area contributed by atoms with Gasteiger partial charge in [-0.15, -0.1) is 0 Å². The lowest BCUT2D eigenvalue weighted by Crippen LogP contribution is -2.47. The van der Waals surface area contributed by atoms with E-state index in [4.69, 9.17) is 4.74 Å². The van der Waals surface area contributed by atoms with Crippen LogP contribution in [0.4, 0.5) is 4.39 Å². The van der Waals surface area contributed by atoms with Gasteiger partial charge in [0, 0.05) is 26.2 Å². The second kappa shape index (κ2) is 8.56. The summed E-state index contributed by atoms with van der Waals surface area (Å²) >= 11 is 0. The topological polar surface area (TPSA) is 66.9 Å². The van der Waals surface area contributed by atoms with Gasteiger partial charge in [0.05, 0.1) is 13.0 Å². The van der Waals surface area contributed by atoms with E-state index in [1.54, 1.807) is 0 Å². The van der Waals surface area contributed by atoms with Crippen LogP contribution in [0.3, 0.4) is 0 Å². The molecule has 1 aromatic rings. The maximum Gasteiger partial charge on any atom is 0.246 e. The first-order valence-corrected chi connectivity index (χ1v) is 11.0. The van der Waals surface area contributed by atoms with Crippen LogP contribution in [0.15, 0.2) is 23.1 Å². The molecule has 0 bridgehead atoms. The third kappa shape index (κ3) is 4.43. The van der Waals surface area contributed by atoms with Crippen LogP contribution in [0.25, 0.3) is 0 Å². The minimum absolute atomic E-state index is 0.0445. The molecule has 0 aromatic heterocycles. The lowest BCUT2D eigenvalue weighted by Gasteiger charge is -2.34. The van der Waals surface area contributed by atoms with Gasteiger partial charge in [0.15, 0.2) is 0 Å². The Balaban J connectivity index is 1.79. The van der Waals surface area contributed by atoms with Crippen LogP contribution in [0.2, 0.25) is 0 Å². The number of sulfonamides is 1. The van der Waals surface area contributed by atoms with Gasteiger partial charge >= 0.3 is 0 Å². The van der Waals surface area contributed by atoms with Gasteiger partial charge < -0.3 is 9.64 Å². The molecule has 2 aliphatic heterocycles. The molecule has 3 rings (SSSR count). The lowest BCUT2D eigenvalue weighted by molar-refractivity contribution is -0.136. The number of hydrogen-bond acceptors (Lipinski definition) is 4. The number of amides is 1. The van der Waals surface area contributed by atoms with Crippen molar-refractivity contribution in [2.45, 2.75) is 43.4 Å². The van der Waals surface area contributed by atoms with Crippen molar-refractivity contribution in [1.82, 2.24) is 9.21 Å². The molecule has 2 saturated heterocycles. The molecule has 0 radical (unpaired) electrons. The third-order valence-corrected chi connectivity index (χ3v) is 7.28. The summed E-state index contributed by atoms with van der Waals surface area (Å²) in [6.07, 6.45) is 5.56.